The first-order valence-electron chi connectivity index (χ1n) is 9.00. The number of benzene rings is 2. The van der Waals surface area contributed by atoms with Crippen LogP contribution in [-0.4, -0.2) is 6.54 Å². The molecule has 0 aliphatic carbocycles. The maximum absolute atomic E-state index is 4.85. The van der Waals surface area contributed by atoms with Gasteiger partial charge in [-0.25, -0.2) is 0 Å². The van der Waals surface area contributed by atoms with Crippen molar-refractivity contribution in [2.75, 3.05) is 6.54 Å². The molecule has 0 aliphatic heterocycles. The minimum Gasteiger partial charge on any atom is -0.331 e. The third-order valence-corrected chi connectivity index (χ3v) is 3.68. The molecule has 0 saturated carbocycles. The van der Waals surface area contributed by atoms with Crippen molar-refractivity contribution in [3.63, 3.8) is 0 Å². The fourth-order valence-electron chi connectivity index (χ4n) is 2.02. The SMILES string of the molecule is CCN.CCc1ccc(CC)cc1.CCc1ccc(CC)cc1. The van der Waals surface area contributed by atoms with Crippen LogP contribution in [0.25, 0.3) is 0 Å². The lowest BCUT2D eigenvalue weighted by Gasteiger charge is -1.97. The van der Waals surface area contributed by atoms with Crippen LogP contribution < -0.4 is 5.73 Å². The third kappa shape index (κ3) is 9.91. The Morgan fingerprint density at radius 1 is 0.478 bits per heavy atom. The molecule has 0 amide bonds. The molecule has 0 saturated heterocycles. The molecule has 0 spiro atoms. The van der Waals surface area contributed by atoms with Gasteiger partial charge in [0.15, 0.2) is 0 Å². The van der Waals surface area contributed by atoms with Gasteiger partial charge in [0, 0.05) is 0 Å². The molecule has 23 heavy (non-hydrogen) atoms. The van der Waals surface area contributed by atoms with Gasteiger partial charge in [-0.15, -0.1) is 0 Å². The minimum atomic E-state index is 0.750. The predicted octanol–water partition coefficient (Wildman–Crippen LogP) is 5.59. The van der Waals surface area contributed by atoms with Crippen LogP contribution in [0.1, 0.15) is 56.9 Å². The topological polar surface area (TPSA) is 26.0 Å². The molecule has 1 nitrogen and oxygen atoms in total. The highest BCUT2D eigenvalue weighted by molar-refractivity contribution is 5.22. The van der Waals surface area contributed by atoms with E-state index in [2.05, 4.69) is 76.2 Å². The molecule has 2 aromatic rings. The number of rotatable bonds is 4. The maximum atomic E-state index is 4.85. The van der Waals surface area contributed by atoms with Gasteiger partial charge in [0.1, 0.15) is 0 Å². The van der Waals surface area contributed by atoms with Gasteiger partial charge in [0.2, 0.25) is 0 Å². The third-order valence-electron chi connectivity index (χ3n) is 3.68. The first kappa shape index (κ1) is 21.4. The summed E-state index contributed by atoms with van der Waals surface area (Å²) >= 11 is 0. The highest BCUT2D eigenvalue weighted by Gasteiger charge is 1.89. The van der Waals surface area contributed by atoms with Gasteiger partial charge in [-0.1, -0.05) is 83.1 Å². The molecule has 0 unspecified atom stereocenters. The van der Waals surface area contributed by atoms with Crippen LogP contribution in [0.2, 0.25) is 0 Å². The van der Waals surface area contributed by atoms with Crippen LogP contribution >= 0.6 is 0 Å². The predicted molar refractivity (Wildman–Crippen MR) is 105 cm³/mol. The second kappa shape index (κ2) is 14.0. The molecule has 0 radical (unpaired) electrons. The summed E-state index contributed by atoms with van der Waals surface area (Å²) in [6.07, 6.45) is 4.57. The molecule has 0 atom stereocenters. The average Bonchev–Trinajstić information content (AvgIpc) is 2.63. The van der Waals surface area contributed by atoms with E-state index in [1.54, 1.807) is 0 Å². The zero-order chi connectivity index (χ0) is 17.5. The Kier molecular flexibility index (Phi) is 13.0. The molecule has 0 bridgehead atoms. The van der Waals surface area contributed by atoms with Gasteiger partial charge in [0.25, 0.3) is 0 Å². The van der Waals surface area contributed by atoms with Crippen molar-refractivity contribution >= 4 is 0 Å². The summed E-state index contributed by atoms with van der Waals surface area (Å²) in [7, 11) is 0. The van der Waals surface area contributed by atoms with Gasteiger partial charge < -0.3 is 5.73 Å². The van der Waals surface area contributed by atoms with Crippen LogP contribution in [0.5, 0.6) is 0 Å². The number of aryl methyl sites for hydroxylation is 4. The monoisotopic (exact) mass is 313 g/mol. The fraction of sp³-hybridized carbons (Fsp3) is 0.455. The van der Waals surface area contributed by atoms with Crippen LogP contribution in [0.3, 0.4) is 0 Å². The summed E-state index contributed by atoms with van der Waals surface area (Å²) in [5.41, 5.74) is 10.6. The summed E-state index contributed by atoms with van der Waals surface area (Å²) in [5.74, 6) is 0. The summed E-state index contributed by atoms with van der Waals surface area (Å²) in [4.78, 5) is 0. The second-order valence-corrected chi connectivity index (χ2v) is 5.46. The molecular weight excluding hydrogens is 278 g/mol. The smallest absolute Gasteiger partial charge is 0.0106 e. The highest BCUT2D eigenvalue weighted by atomic mass is 14.5. The standard InChI is InChI=1S/2C10H14.C2H7N/c2*1-3-9-5-7-10(4-2)8-6-9;1-2-3/h2*5-8H,3-4H2,1-2H3;2-3H2,1H3. The maximum Gasteiger partial charge on any atom is -0.0106 e. The van der Waals surface area contributed by atoms with E-state index in [0.717, 1.165) is 32.2 Å². The minimum absolute atomic E-state index is 0.750. The normalized spacial score (nSPS) is 9.30. The second-order valence-electron chi connectivity index (χ2n) is 5.46. The van der Waals surface area contributed by atoms with Crippen molar-refractivity contribution in [2.45, 2.75) is 60.3 Å². The molecule has 2 rings (SSSR count). The first-order chi connectivity index (χ1) is 11.1. The van der Waals surface area contributed by atoms with Gasteiger partial charge in [-0.2, -0.15) is 0 Å². The van der Waals surface area contributed by atoms with E-state index >= 15 is 0 Å². The number of nitrogens with two attached hydrogens (primary N) is 1. The van der Waals surface area contributed by atoms with E-state index in [-0.39, 0.29) is 0 Å². The average molecular weight is 314 g/mol. The summed E-state index contributed by atoms with van der Waals surface area (Å²) < 4.78 is 0. The Morgan fingerprint density at radius 2 is 0.609 bits per heavy atom. The van der Waals surface area contributed by atoms with Crippen molar-refractivity contribution in [3.8, 4) is 0 Å². The first-order valence-corrected chi connectivity index (χ1v) is 9.00. The summed E-state index contributed by atoms with van der Waals surface area (Å²) in [6, 6.07) is 17.7. The molecule has 128 valence electrons. The number of hydrogen-bond acceptors (Lipinski definition) is 1. The lowest BCUT2D eigenvalue weighted by atomic mass is 10.1. The molecule has 0 fully saturated rings. The molecular formula is C22H35N. The lowest BCUT2D eigenvalue weighted by molar-refractivity contribution is 1.10. The van der Waals surface area contributed by atoms with E-state index in [1.807, 2.05) is 6.92 Å². The molecule has 2 N–H and O–H groups in total. The van der Waals surface area contributed by atoms with Crippen LogP contribution in [-0.2, 0) is 25.7 Å². The Morgan fingerprint density at radius 3 is 0.696 bits per heavy atom. The largest absolute Gasteiger partial charge is 0.331 e. The van der Waals surface area contributed by atoms with Crippen LogP contribution in [0.15, 0.2) is 48.5 Å². The Hall–Kier alpha value is -1.60. The zero-order valence-corrected chi connectivity index (χ0v) is 15.7. The van der Waals surface area contributed by atoms with E-state index in [1.165, 1.54) is 22.3 Å². The van der Waals surface area contributed by atoms with Crippen molar-refractivity contribution in [2.24, 2.45) is 5.73 Å². The van der Waals surface area contributed by atoms with Gasteiger partial charge in [-0.05, 0) is 54.5 Å². The quantitative estimate of drug-likeness (QED) is 0.782. The molecule has 0 heterocycles. The molecule has 0 aliphatic rings. The summed E-state index contributed by atoms with van der Waals surface area (Å²) in [5, 5.41) is 0. The van der Waals surface area contributed by atoms with E-state index < -0.39 is 0 Å². The fourth-order valence-corrected chi connectivity index (χ4v) is 2.02. The van der Waals surface area contributed by atoms with Crippen molar-refractivity contribution in [1.82, 2.24) is 0 Å². The van der Waals surface area contributed by atoms with E-state index in [9.17, 15) is 0 Å². The van der Waals surface area contributed by atoms with Gasteiger partial charge in [-0.3, -0.25) is 0 Å². The molecule has 2 aromatic carbocycles. The van der Waals surface area contributed by atoms with Crippen LogP contribution in [0, 0.1) is 0 Å². The summed E-state index contributed by atoms with van der Waals surface area (Å²) in [6.45, 7) is 11.4. The van der Waals surface area contributed by atoms with Crippen molar-refractivity contribution < 1.29 is 0 Å². The van der Waals surface area contributed by atoms with E-state index in [4.69, 9.17) is 5.73 Å². The highest BCUT2D eigenvalue weighted by Crippen LogP contribution is 2.05. The van der Waals surface area contributed by atoms with E-state index in [0.29, 0.717) is 0 Å². The van der Waals surface area contributed by atoms with Gasteiger partial charge in [0.05, 0.1) is 0 Å². The van der Waals surface area contributed by atoms with Crippen molar-refractivity contribution in [3.05, 3.63) is 70.8 Å². The lowest BCUT2D eigenvalue weighted by Crippen LogP contribution is -1.87. The Bertz CT molecular complexity index is 389. The Labute approximate surface area is 143 Å². The van der Waals surface area contributed by atoms with Crippen LogP contribution in [0.4, 0.5) is 0 Å². The molecule has 1 heteroatoms. The Balaban J connectivity index is 0.000000360. The zero-order valence-electron chi connectivity index (χ0n) is 15.7. The van der Waals surface area contributed by atoms with Gasteiger partial charge >= 0.3 is 0 Å². The van der Waals surface area contributed by atoms with Crippen molar-refractivity contribution in [1.29, 1.82) is 0 Å². The molecule has 0 aromatic heterocycles. The number of hydrogen-bond donors (Lipinski definition) is 1.